The summed E-state index contributed by atoms with van der Waals surface area (Å²) in [7, 11) is 0. The van der Waals surface area contributed by atoms with Gasteiger partial charge in [-0.25, -0.2) is 9.69 Å². The van der Waals surface area contributed by atoms with Crippen molar-refractivity contribution in [3.8, 4) is 16.9 Å². The predicted molar refractivity (Wildman–Crippen MR) is 140 cm³/mol. The lowest BCUT2D eigenvalue weighted by Gasteiger charge is -2.25. The zero-order valence-electron chi connectivity index (χ0n) is 19.1. The van der Waals surface area contributed by atoms with Gasteiger partial charge in [0.1, 0.15) is 0 Å². The molecular formula is C27H25Cl3N4O. The van der Waals surface area contributed by atoms with Crippen molar-refractivity contribution in [1.82, 2.24) is 20.2 Å². The van der Waals surface area contributed by atoms with E-state index in [1.165, 1.54) is 0 Å². The molecule has 2 heterocycles. The van der Waals surface area contributed by atoms with Crippen molar-refractivity contribution in [3.63, 3.8) is 0 Å². The highest BCUT2D eigenvalue weighted by atomic mass is 35.5. The maximum absolute atomic E-state index is 13.5. The van der Waals surface area contributed by atoms with E-state index in [2.05, 4.69) is 22.6 Å². The molecule has 3 unspecified atom stereocenters. The molecule has 3 aliphatic rings. The number of nitrogens with zero attached hydrogens (tertiary/aromatic N) is 3. The van der Waals surface area contributed by atoms with Crippen molar-refractivity contribution < 1.29 is 4.79 Å². The van der Waals surface area contributed by atoms with Crippen molar-refractivity contribution in [2.24, 2.45) is 11.8 Å². The standard InChI is InChI=1S/C27H25Cl3N4O/c28-19-9-7-16(8-10-19)26-21-5-2-6-22(27(35)32-33-14-17-3-1-4-18(17)15-33)25(21)31-34(26)24-12-11-20(29)13-23(24)30/h1,3,7-13,17-18,22H,2,4-6,14-15H2,(H,32,35). The average Bonchev–Trinajstić information content (AvgIpc) is 3.53. The monoisotopic (exact) mass is 526 g/mol. The fourth-order valence-corrected chi connectivity index (χ4v) is 6.33. The molecule has 2 aromatic carbocycles. The summed E-state index contributed by atoms with van der Waals surface area (Å²) in [6.45, 7) is 1.77. The van der Waals surface area contributed by atoms with Crippen molar-refractivity contribution in [3.05, 3.63) is 80.9 Å². The minimum absolute atomic E-state index is 0.0180. The largest absolute Gasteiger partial charge is 0.288 e. The number of hydrogen-bond donors (Lipinski definition) is 1. The summed E-state index contributed by atoms with van der Waals surface area (Å²) < 4.78 is 1.86. The van der Waals surface area contributed by atoms with Gasteiger partial charge in [-0.1, -0.05) is 59.1 Å². The molecule has 8 heteroatoms. The van der Waals surface area contributed by atoms with Gasteiger partial charge in [0, 0.05) is 34.3 Å². The zero-order chi connectivity index (χ0) is 24.1. The van der Waals surface area contributed by atoms with Crippen LogP contribution in [0.3, 0.4) is 0 Å². The van der Waals surface area contributed by atoms with Crippen LogP contribution in [0.1, 0.15) is 36.4 Å². The zero-order valence-corrected chi connectivity index (χ0v) is 21.3. The van der Waals surface area contributed by atoms with Crippen molar-refractivity contribution in [1.29, 1.82) is 0 Å². The van der Waals surface area contributed by atoms with Crippen LogP contribution >= 0.6 is 34.8 Å². The first kappa shape index (κ1) is 23.1. The number of hydrogen-bond acceptors (Lipinski definition) is 3. The van der Waals surface area contributed by atoms with E-state index >= 15 is 0 Å². The highest BCUT2D eigenvalue weighted by Crippen LogP contribution is 2.40. The topological polar surface area (TPSA) is 50.2 Å². The summed E-state index contributed by atoms with van der Waals surface area (Å²) in [4.78, 5) is 13.5. The van der Waals surface area contributed by atoms with Crippen LogP contribution in [-0.4, -0.2) is 33.8 Å². The third-order valence-corrected chi connectivity index (χ3v) is 8.21. The van der Waals surface area contributed by atoms with Crippen molar-refractivity contribution in [2.75, 3.05) is 13.1 Å². The van der Waals surface area contributed by atoms with E-state index in [-0.39, 0.29) is 11.8 Å². The molecule has 1 amide bonds. The van der Waals surface area contributed by atoms with Crippen LogP contribution in [0, 0.1) is 11.8 Å². The molecule has 5 nitrogen and oxygen atoms in total. The quantitative estimate of drug-likeness (QED) is 0.396. The van der Waals surface area contributed by atoms with Crippen molar-refractivity contribution in [2.45, 2.75) is 31.6 Å². The molecule has 3 aromatic rings. The summed E-state index contributed by atoms with van der Waals surface area (Å²) in [5, 5.41) is 8.83. The molecule has 0 radical (unpaired) electrons. The summed E-state index contributed by atoms with van der Waals surface area (Å²) >= 11 is 19.0. The third kappa shape index (κ3) is 4.29. The van der Waals surface area contributed by atoms with Gasteiger partial charge in [0.25, 0.3) is 0 Å². The Morgan fingerprint density at radius 3 is 2.60 bits per heavy atom. The molecule has 1 fully saturated rings. The average molecular weight is 528 g/mol. The number of rotatable bonds is 4. The van der Waals surface area contributed by atoms with Crippen LogP contribution in [0.15, 0.2) is 54.6 Å². The Kier molecular flexibility index (Phi) is 6.13. The molecule has 3 atom stereocenters. The van der Waals surface area contributed by atoms with Crippen LogP contribution in [0.4, 0.5) is 0 Å². The number of halogens is 3. The van der Waals surface area contributed by atoms with Gasteiger partial charge in [0.05, 0.1) is 28.0 Å². The number of carbonyl (C=O) groups excluding carboxylic acids is 1. The van der Waals surface area contributed by atoms with Crippen LogP contribution in [0.5, 0.6) is 0 Å². The van der Waals surface area contributed by atoms with Gasteiger partial charge < -0.3 is 0 Å². The Bertz CT molecular complexity index is 1320. The Morgan fingerprint density at radius 1 is 1.03 bits per heavy atom. The van der Waals surface area contributed by atoms with Gasteiger partial charge in [-0.3, -0.25) is 10.2 Å². The smallest absolute Gasteiger partial charge is 0.243 e. The van der Waals surface area contributed by atoms with Gasteiger partial charge in [-0.15, -0.1) is 0 Å². The third-order valence-electron chi connectivity index (χ3n) is 7.42. The number of nitrogens with one attached hydrogen (secondary N) is 1. The SMILES string of the molecule is O=C(NN1CC2C=CCC2C1)C1CCCc2c1nn(-c1ccc(Cl)cc1Cl)c2-c1ccc(Cl)cc1. The fraction of sp³-hybridized carbons (Fsp3) is 0.333. The molecule has 1 N–H and O–H groups in total. The fourth-order valence-electron chi connectivity index (χ4n) is 5.72. The predicted octanol–water partition coefficient (Wildman–Crippen LogP) is 6.46. The Balaban J connectivity index is 1.39. The van der Waals surface area contributed by atoms with Crippen LogP contribution in [-0.2, 0) is 11.2 Å². The summed E-state index contributed by atoms with van der Waals surface area (Å²) in [5.41, 5.74) is 7.77. The number of hydrazine groups is 1. The first-order chi connectivity index (χ1) is 17.0. The summed E-state index contributed by atoms with van der Waals surface area (Å²) in [5.74, 6) is 0.859. The van der Waals surface area contributed by atoms with Crippen LogP contribution in [0.25, 0.3) is 16.9 Å². The van der Waals surface area contributed by atoms with E-state index in [0.29, 0.717) is 26.9 Å². The second kappa shape index (κ2) is 9.29. The van der Waals surface area contributed by atoms with Crippen LogP contribution < -0.4 is 5.43 Å². The van der Waals surface area contributed by atoms with E-state index in [0.717, 1.165) is 67.0 Å². The summed E-state index contributed by atoms with van der Waals surface area (Å²) in [6.07, 6.45) is 8.17. The maximum Gasteiger partial charge on any atom is 0.243 e. The second-order valence-corrected chi connectivity index (χ2v) is 10.9. The molecule has 1 saturated heterocycles. The van der Waals surface area contributed by atoms with Gasteiger partial charge in [0.15, 0.2) is 0 Å². The first-order valence-electron chi connectivity index (χ1n) is 12.0. The normalized spacial score (nSPS) is 23.3. The number of carbonyl (C=O) groups is 1. The minimum Gasteiger partial charge on any atom is -0.288 e. The molecule has 0 bridgehead atoms. The van der Waals surface area contributed by atoms with Gasteiger partial charge in [0.2, 0.25) is 5.91 Å². The molecule has 6 rings (SSSR count). The molecule has 35 heavy (non-hydrogen) atoms. The van der Waals surface area contributed by atoms with E-state index in [9.17, 15) is 4.79 Å². The first-order valence-corrected chi connectivity index (χ1v) is 13.2. The molecular weight excluding hydrogens is 503 g/mol. The Morgan fingerprint density at radius 2 is 1.83 bits per heavy atom. The number of amides is 1. The van der Waals surface area contributed by atoms with Gasteiger partial charge in [-0.05, 0) is 67.9 Å². The number of aromatic nitrogens is 2. The van der Waals surface area contributed by atoms with Gasteiger partial charge in [-0.2, -0.15) is 5.10 Å². The van der Waals surface area contributed by atoms with Gasteiger partial charge >= 0.3 is 0 Å². The highest BCUT2D eigenvalue weighted by Gasteiger charge is 2.37. The second-order valence-electron chi connectivity index (χ2n) is 9.64. The van der Waals surface area contributed by atoms with Crippen LogP contribution in [0.2, 0.25) is 15.1 Å². The number of allylic oxidation sites excluding steroid dienone is 1. The lowest BCUT2D eigenvalue weighted by Crippen LogP contribution is -2.44. The Hall–Kier alpha value is -2.31. The highest BCUT2D eigenvalue weighted by molar-refractivity contribution is 6.35. The Labute approximate surface area is 219 Å². The maximum atomic E-state index is 13.5. The molecule has 1 aromatic heterocycles. The number of fused-ring (bicyclic) bond motifs is 2. The molecule has 2 aliphatic carbocycles. The van der Waals surface area contributed by atoms with E-state index in [4.69, 9.17) is 39.9 Å². The minimum atomic E-state index is -0.312. The van der Waals surface area contributed by atoms with Crippen molar-refractivity contribution >= 4 is 40.7 Å². The molecule has 0 saturated carbocycles. The lowest BCUT2D eigenvalue weighted by molar-refractivity contribution is -0.127. The van der Waals surface area contributed by atoms with E-state index in [1.54, 1.807) is 12.1 Å². The molecule has 0 spiro atoms. The molecule has 1 aliphatic heterocycles. The summed E-state index contributed by atoms with van der Waals surface area (Å²) in [6, 6.07) is 13.1. The lowest BCUT2D eigenvalue weighted by atomic mass is 9.85. The molecule has 180 valence electrons. The van der Waals surface area contributed by atoms with E-state index in [1.807, 2.05) is 35.0 Å². The van der Waals surface area contributed by atoms with E-state index < -0.39 is 0 Å². The number of benzene rings is 2.